The van der Waals surface area contributed by atoms with Gasteiger partial charge in [0.05, 0.1) is 13.7 Å². The number of methoxy groups -OCH3 is 2. The molecular weight excluding hydrogens is 230 g/mol. The monoisotopic (exact) mass is 245 g/mol. The highest BCUT2D eigenvalue weighted by molar-refractivity contribution is 7.11. The molecule has 0 aliphatic rings. The Morgan fingerprint density at radius 3 is 2.81 bits per heavy atom. The molecular formula is C9H15N3O3S. The highest BCUT2D eigenvalue weighted by Gasteiger charge is 2.22. The minimum atomic E-state index is -0.467. The molecule has 0 unspecified atom stereocenters. The van der Waals surface area contributed by atoms with Crippen molar-refractivity contribution < 1.29 is 14.3 Å². The van der Waals surface area contributed by atoms with E-state index in [0.717, 1.165) is 0 Å². The number of carbonyl (C=O) groups excluding carboxylic acids is 1. The van der Waals surface area contributed by atoms with Crippen LogP contribution in [0.3, 0.4) is 0 Å². The van der Waals surface area contributed by atoms with Crippen LogP contribution in [0.2, 0.25) is 0 Å². The van der Waals surface area contributed by atoms with Crippen molar-refractivity contribution in [3.05, 3.63) is 5.56 Å². The Hall–Kier alpha value is -1.34. The third-order valence-corrected chi connectivity index (χ3v) is 3.04. The third kappa shape index (κ3) is 2.61. The molecule has 0 aliphatic heterocycles. The van der Waals surface area contributed by atoms with Crippen LogP contribution in [0.4, 0.5) is 10.8 Å². The average molecular weight is 245 g/mol. The number of rotatable bonds is 5. The second-order valence-electron chi connectivity index (χ2n) is 3.15. The van der Waals surface area contributed by atoms with E-state index in [1.54, 1.807) is 7.11 Å². The van der Waals surface area contributed by atoms with Crippen molar-refractivity contribution >= 4 is 28.3 Å². The van der Waals surface area contributed by atoms with Crippen LogP contribution in [-0.2, 0) is 9.47 Å². The molecule has 0 radical (unpaired) electrons. The molecule has 0 saturated carbocycles. The van der Waals surface area contributed by atoms with Gasteiger partial charge in [-0.25, -0.2) is 4.79 Å². The standard InChI is InChI=1S/C9H15N3O3S/c1-12(4-5-14-2)8-6(9(13)15-3)7(10)11-16-8/h4-5H2,1-3H3,(H2,10,11). The molecule has 1 aromatic rings. The topological polar surface area (TPSA) is 77.7 Å². The summed E-state index contributed by atoms with van der Waals surface area (Å²) in [5.41, 5.74) is 5.95. The third-order valence-electron chi connectivity index (χ3n) is 2.07. The zero-order valence-electron chi connectivity index (χ0n) is 9.52. The van der Waals surface area contributed by atoms with Gasteiger partial charge in [0.15, 0.2) is 5.82 Å². The van der Waals surface area contributed by atoms with Gasteiger partial charge in [-0.3, -0.25) is 0 Å². The van der Waals surface area contributed by atoms with E-state index in [9.17, 15) is 4.79 Å². The van der Waals surface area contributed by atoms with Crippen molar-refractivity contribution in [3.8, 4) is 0 Å². The summed E-state index contributed by atoms with van der Waals surface area (Å²) >= 11 is 1.17. The van der Waals surface area contributed by atoms with E-state index < -0.39 is 5.97 Å². The van der Waals surface area contributed by atoms with Crippen LogP contribution in [0.5, 0.6) is 0 Å². The molecule has 0 bridgehead atoms. The fourth-order valence-electron chi connectivity index (χ4n) is 1.18. The van der Waals surface area contributed by atoms with E-state index in [1.807, 2.05) is 11.9 Å². The summed E-state index contributed by atoms with van der Waals surface area (Å²) in [5, 5.41) is 0.696. The number of nitrogens with two attached hydrogens (primary N) is 1. The molecule has 0 aromatic carbocycles. The van der Waals surface area contributed by atoms with Crippen LogP contribution in [0.15, 0.2) is 0 Å². The highest BCUT2D eigenvalue weighted by atomic mass is 32.1. The molecule has 1 rings (SSSR count). The summed E-state index contributed by atoms with van der Waals surface area (Å²) in [6.07, 6.45) is 0. The molecule has 1 heterocycles. The molecule has 0 fully saturated rings. The minimum absolute atomic E-state index is 0.205. The second-order valence-corrected chi connectivity index (χ2v) is 3.91. The first-order valence-corrected chi connectivity index (χ1v) is 5.42. The SMILES string of the molecule is COCCN(C)c1snc(N)c1C(=O)OC. The maximum absolute atomic E-state index is 11.5. The normalized spacial score (nSPS) is 10.2. The predicted molar refractivity (Wildman–Crippen MR) is 63.0 cm³/mol. The van der Waals surface area contributed by atoms with Crippen LogP contribution >= 0.6 is 11.5 Å². The van der Waals surface area contributed by atoms with Gasteiger partial charge in [0.25, 0.3) is 0 Å². The number of aromatic nitrogens is 1. The number of esters is 1. The molecule has 0 spiro atoms. The molecule has 90 valence electrons. The molecule has 1 aromatic heterocycles. The van der Waals surface area contributed by atoms with Gasteiger partial charge in [-0.15, -0.1) is 0 Å². The van der Waals surface area contributed by atoms with Gasteiger partial charge in [-0.1, -0.05) is 0 Å². The number of likely N-dealkylation sites (N-methyl/N-ethyl adjacent to an activating group) is 1. The van der Waals surface area contributed by atoms with E-state index in [-0.39, 0.29) is 5.82 Å². The van der Waals surface area contributed by atoms with Gasteiger partial charge in [0, 0.05) is 20.7 Å². The fourth-order valence-corrected chi connectivity index (χ4v) is 1.96. The first-order valence-electron chi connectivity index (χ1n) is 4.65. The molecule has 0 aliphatic carbocycles. The maximum Gasteiger partial charge on any atom is 0.344 e. The highest BCUT2D eigenvalue weighted by Crippen LogP contribution is 2.30. The predicted octanol–water partition coefficient (Wildman–Crippen LogP) is 0.595. The number of hydrogen-bond acceptors (Lipinski definition) is 7. The summed E-state index contributed by atoms with van der Waals surface area (Å²) in [6, 6.07) is 0. The fraction of sp³-hybridized carbons (Fsp3) is 0.556. The molecule has 7 heteroatoms. The average Bonchev–Trinajstić information content (AvgIpc) is 2.67. The summed E-state index contributed by atoms with van der Waals surface area (Å²) in [6.45, 7) is 1.22. The van der Waals surface area contributed by atoms with Crippen LogP contribution in [0.1, 0.15) is 10.4 Å². The summed E-state index contributed by atoms with van der Waals surface area (Å²) in [7, 11) is 4.78. The van der Waals surface area contributed by atoms with Gasteiger partial charge in [0.2, 0.25) is 0 Å². The first kappa shape index (κ1) is 12.7. The summed E-state index contributed by atoms with van der Waals surface area (Å²) < 4.78 is 13.6. The second kappa shape index (κ2) is 5.66. The van der Waals surface area contributed by atoms with Crippen LogP contribution < -0.4 is 10.6 Å². The molecule has 0 atom stereocenters. The summed E-state index contributed by atoms with van der Waals surface area (Å²) in [4.78, 5) is 13.4. The van der Waals surface area contributed by atoms with Gasteiger partial charge in [-0.05, 0) is 11.5 Å². The number of nitrogen functional groups attached to an aromatic ring is 1. The largest absolute Gasteiger partial charge is 0.465 e. The lowest BCUT2D eigenvalue weighted by Gasteiger charge is -2.17. The maximum atomic E-state index is 11.5. The van der Waals surface area contributed by atoms with Crippen molar-refractivity contribution in [1.29, 1.82) is 0 Å². The van der Waals surface area contributed by atoms with Crippen molar-refractivity contribution in [1.82, 2.24) is 4.37 Å². The number of nitrogens with zero attached hydrogens (tertiary/aromatic N) is 2. The van der Waals surface area contributed by atoms with Crippen LogP contribution in [0, 0.1) is 0 Å². The lowest BCUT2D eigenvalue weighted by Crippen LogP contribution is -2.23. The van der Waals surface area contributed by atoms with Crippen LogP contribution in [-0.4, -0.2) is 44.8 Å². The van der Waals surface area contributed by atoms with E-state index in [2.05, 4.69) is 9.11 Å². The van der Waals surface area contributed by atoms with Gasteiger partial charge in [0.1, 0.15) is 10.6 Å². The summed E-state index contributed by atoms with van der Waals surface area (Å²) in [5.74, 6) is -0.262. The van der Waals surface area contributed by atoms with Crippen molar-refractivity contribution in [2.45, 2.75) is 0 Å². The van der Waals surface area contributed by atoms with Crippen molar-refractivity contribution in [2.24, 2.45) is 0 Å². The Labute approximate surface area is 98.1 Å². The molecule has 16 heavy (non-hydrogen) atoms. The minimum Gasteiger partial charge on any atom is -0.465 e. The zero-order valence-corrected chi connectivity index (χ0v) is 10.3. The van der Waals surface area contributed by atoms with Crippen molar-refractivity contribution in [2.75, 3.05) is 45.1 Å². The zero-order chi connectivity index (χ0) is 12.1. The molecule has 6 nitrogen and oxygen atoms in total. The van der Waals surface area contributed by atoms with E-state index in [4.69, 9.17) is 10.5 Å². The molecule has 2 N–H and O–H groups in total. The van der Waals surface area contributed by atoms with Crippen LogP contribution in [0.25, 0.3) is 0 Å². The Morgan fingerprint density at radius 1 is 1.56 bits per heavy atom. The number of anilines is 2. The molecule has 0 saturated heterocycles. The molecule has 0 amide bonds. The number of hydrogen-bond donors (Lipinski definition) is 1. The van der Waals surface area contributed by atoms with Gasteiger partial charge in [-0.2, -0.15) is 4.37 Å². The van der Waals surface area contributed by atoms with Crippen molar-refractivity contribution in [3.63, 3.8) is 0 Å². The Kier molecular flexibility index (Phi) is 4.51. The first-order chi connectivity index (χ1) is 7.61. The van der Waals surface area contributed by atoms with Gasteiger partial charge < -0.3 is 20.1 Å². The van der Waals surface area contributed by atoms with E-state index in [1.165, 1.54) is 18.6 Å². The lowest BCUT2D eigenvalue weighted by atomic mass is 10.3. The van der Waals surface area contributed by atoms with E-state index in [0.29, 0.717) is 23.7 Å². The Morgan fingerprint density at radius 2 is 2.25 bits per heavy atom. The lowest BCUT2D eigenvalue weighted by molar-refractivity contribution is 0.0603. The van der Waals surface area contributed by atoms with E-state index >= 15 is 0 Å². The van der Waals surface area contributed by atoms with Gasteiger partial charge >= 0.3 is 5.97 Å². The Balaban J connectivity index is 2.91. The number of ether oxygens (including phenoxy) is 2. The Bertz CT molecular complexity index is 367. The smallest absolute Gasteiger partial charge is 0.344 e. The number of carbonyl (C=O) groups is 1. The quantitative estimate of drug-likeness (QED) is 0.765.